The number of carbonyl (C=O) groups excluding carboxylic acids is 4. The first-order chi connectivity index (χ1) is 17.5. The summed E-state index contributed by atoms with van der Waals surface area (Å²) in [5.41, 5.74) is 3.57. The first-order valence-electron chi connectivity index (χ1n) is 12.1. The number of imide groups is 2. The average Bonchev–Trinajstić information content (AvgIpc) is 2.84. The molecule has 4 aliphatic rings. The standard InChI is InChI=1S/C29H22N2O4S2/c1-29(2,3)31-26(34)18-10-6-14-12-4-8-16-22-17(25(33)30(24(16)32)28(36)37)9-5-13(20(12)22)15-7-11-19(27(31)35)23(18)21(14)15/h4-11,16,18,28,36-37H,1-3H3. The molecule has 0 radical (unpaired) electrons. The monoisotopic (exact) mass is 526 g/mol. The van der Waals surface area contributed by atoms with E-state index in [1.54, 1.807) is 6.07 Å². The molecule has 3 aromatic rings. The molecule has 2 aliphatic carbocycles. The van der Waals surface area contributed by atoms with E-state index in [-0.39, 0.29) is 17.7 Å². The Hall–Kier alpha value is -3.36. The van der Waals surface area contributed by atoms with Gasteiger partial charge in [-0.25, -0.2) is 0 Å². The lowest BCUT2D eigenvalue weighted by Gasteiger charge is -2.41. The Morgan fingerprint density at radius 2 is 1.22 bits per heavy atom. The summed E-state index contributed by atoms with van der Waals surface area (Å²) < 4.78 is -0.842. The highest BCUT2D eigenvalue weighted by atomic mass is 32.2. The van der Waals surface area contributed by atoms with Crippen LogP contribution >= 0.6 is 25.3 Å². The normalized spacial score (nSPS) is 21.8. The molecule has 0 saturated carbocycles. The molecule has 8 heteroatoms. The van der Waals surface area contributed by atoms with Crippen molar-refractivity contribution < 1.29 is 19.2 Å². The van der Waals surface area contributed by atoms with Crippen LogP contribution in [-0.4, -0.2) is 43.7 Å². The van der Waals surface area contributed by atoms with E-state index >= 15 is 0 Å². The zero-order chi connectivity index (χ0) is 26.1. The first kappa shape index (κ1) is 22.8. The summed E-state index contributed by atoms with van der Waals surface area (Å²) >= 11 is 8.49. The molecular weight excluding hydrogens is 504 g/mol. The van der Waals surface area contributed by atoms with Crippen molar-refractivity contribution in [3.05, 3.63) is 69.8 Å². The zero-order valence-electron chi connectivity index (χ0n) is 20.3. The van der Waals surface area contributed by atoms with Crippen LogP contribution in [0.4, 0.5) is 0 Å². The third-order valence-electron chi connectivity index (χ3n) is 7.92. The zero-order valence-corrected chi connectivity index (χ0v) is 22.1. The fourth-order valence-electron chi connectivity index (χ4n) is 6.49. The number of hydrogen-bond donors (Lipinski definition) is 2. The van der Waals surface area contributed by atoms with E-state index in [2.05, 4.69) is 25.3 Å². The number of fused-ring (bicyclic) bond motifs is 2. The highest BCUT2D eigenvalue weighted by Gasteiger charge is 2.46. The van der Waals surface area contributed by atoms with Crippen LogP contribution in [0.25, 0.3) is 33.7 Å². The molecule has 2 unspecified atom stereocenters. The molecule has 184 valence electrons. The maximum absolute atomic E-state index is 13.6. The van der Waals surface area contributed by atoms with Gasteiger partial charge in [-0.3, -0.25) is 29.0 Å². The van der Waals surface area contributed by atoms with E-state index in [1.807, 2.05) is 63.3 Å². The van der Waals surface area contributed by atoms with Gasteiger partial charge in [0.2, 0.25) is 11.8 Å². The number of nitrogens with zero attached hydrogens (tertiary/aromatic N) is 2. The molecule has 0 aromatic heterocycles. The maximum atomic E-state index is 13.6. The summed E-state index contributed by atoms with van der Waals surface area (Å²) in [5.74, 6) is -2.44. The van der Waals surface area contributed by atoms with Crippen LogP contribution in [0.5, 0.6) is 0 Å². The Morgan fingerprint density at radius 1 is 0.730 bits per heavy atom. The SMILES string of the molecule is CC(C)(C)N1C(=O)c2ccc3c4c(c5c6c7c(ccc63)C(=O)N(C(S)S)C(=O)C7C=C5)C=CC(C1=O)c24. The molecule has 2 heterocycles. The lowest BCUT2D eigenvalue weighted by Crippen LogP contribution is -2.54. The Kier molecular flexibility index (Phi) is 4.40. The fourth-order valence-corrected chi connectivity index (χ4v) is 6.92. The first-order valence-corrected chi connectivity index (χ1v) is 13.1. The third kappa shape index (κ3) is 2.69. The van der Waals surface area contributed by atoms with Gasteiger partial charge < -0.3 is 0 Å². The molecule has 0 spiro atoms. The van der Waals surface area contributed by atoms with Crippen LogP contribution in [0.3, 0.4) is 0 Å². The molecule has 0 saturated heterocycles. The van der Waals surface area contributed by atoms with E-state index in [0.717, 1.165) is 43.1 Å². The van der Waals surface area contributed by atoms with E-state index in [9.17, 15) is 19.2 Å². The van der Waals surface area contributed by atoms with E-state index < -0.39 is 28.0 Å². The number of rotatable bonds is 1. The Labute approximate surface area is 223 Å². The van der Waals surface area contributed by atoms with Crippen molar-refractivity contribution in [2.45, 2.75) is 42.9 Å². The summed E-state index contributed by atoms with van der Waals surface area (Å²) in [6.07, 6.45) is 7.57. The summed E-state index contributed by atoms with van der Waals surface area (Å²) in [5, 5.41) is 3.52. The number of carbonyl (C=O) groups is 4. The predicted octanol–water partition coefficient (Wildman–Crippen LogP) is 5.12. The van der Waals surface area contributed by atoms with Gasteiger partial charge in [-0.05, 0) is 76.7 Å². The molecule has 2 atom stereocenters. The van der Waals surface area contributed by atoms with Gasteiger partial charge in [0.05, 0.1) is 11.8 Å². The van der Waals surface area contributed by atoms with E-state index in [4.69, 9.17) is 0 Å². The van der Waals surface area contributed by atoms with Crippen LogP contribution in [0.2, 0.25) is 0 Å². The van der Waals surface area contributed by atoms with Gasteiger partial charge in [0.25, 0.3) is 11.8 Å². The van der Waals surface area contributed by atoms with Gasteiger partial charge in [0.1, 0.15) is 4.71 Å². The molecule has 7 rings (SSSR count). The van der Waals surface area contributed by atoms with Crippen molar-refractivity contribution in [3.63, 3.8) is 0 Å². The Balaban J connectivity index is 1.58. The van der Waals surface area contributed by atoms with Gasteiger partial charge in [-0.2, -0.15) is 0 Å². The smallest absolute Gasteiger partial charge is 0.262 e. The van der Waals surface area contributed by atoms with Crippen molar-refractivity contribution in [3.8, 4) is 0 Å². The van der Waals surface area contributed by atoms with Crippen LogP contribution in [0.15, 0.2) is 36.4 Å². The van der Waals surface area contributed by atoms with Crippen LogP contribution in [0, 0.1) is 0 Å². The van der Waals surface area contributed by atoms with Gasteiger partial charge in [0.15, 0.2) is 0 Å². The number of amides is 4. The van der Waals surface area contributed by atoms with Crippen molar-refractivity contribution >= 4 is 82.6 Å². The minimum absolute atomic E-state index is 0.224. The molecule has 3 aromatic carbocycles. The molecule has 0 fully saturated rings. The number of benzene rings is 3. The molecule has 6 nitrogen and oxygen atoms in total. The Bertz CT molecular complexity index is 1740. The highest BCUT2D eigenvalue weighted by Crippen LogP contribution is 2.50. The highest BCUT2D eigenvalue weighted by molar-refractivity contribution is 7.99. The second-order valence-corrected chi connectivity index (χ2v) is 12.3. The van der Waals surface area contributed by atoms with Gasteiger partial charge in [0, 0.05) is 16.7 Å². The quantitative estimate of drug-likeness (QED) is 0.200. The van der Waals surface area contributed by atoms with Gasteiger partial charge in [-0.15, -0.1) is 25.3 Å². The lowest BCUT2D eigenvalue weighted by molar-refractivity contribution is -0.133. The average molecular weight is 527 g/mol. The van der Waals surface area contributed by atoms with E-state index in [1.165, 1.54) is 4.90 Å². The van der Waals surface area contributed by atoms with Crippen molar-refractivity contribution in [2.75, 3.05) is 0 Å². The van der Waals surface area contributed by atoms with Crippen LogP contribution in [0.1, 0.15) is 75.6 Å². The summed E-state index contributed by atoms with van der Waals surface area (Å²) in [7, 11) is 0. The van der Waals surface area contributed by atoms with Crippen LogP contribution in [-0.2, 0) is 9.59 Å². The van der Waals surface area contributed by atoms with Crippen molar-refractivity contribution in [1.82, 2.24) is 9.80 Å². The number of hydrogen-bond acceptors (Lipinski definition) is 6. The second-order valence-electron chi connectivity index (χ2n) is 10.9. The molecule has 0 bridgehead atoms. The third-order valence-corrected chi connectivity index (χ3v) is 8.38. The molecule has 4 amide bonds. The number of thiol groups is 2. The Morgan fingerprint density at radius 3 is 1.70 bits per heavy atom. The predicted molar refractivity (Wildman–Crippen MR) is 149 cm³/mol. The fraction of sp³-hybridized carbons (Fsp3) is 0.241. The molecular formula is C29H22N2O4S2. The summed E-state index contributed by atoms with van der Waals surface area (Å²) in [6.45, 7) is 5.59. The maximum Gasteiger partial charge on any atom is 0.262 e. The van der Waals surface area contributed by atoms with Gasteiger partial charge in [-0.1, -0.05) is 36.4 Å². The molecule has 0 N–H and O–H groups in total. The minimum Gasteiger partial charge on any atom is -0.273 e. The summed E-state index contributed by atoms with van der Waals surface area (Å²) in [4.78, 5) is 56.2. The van der Waals surface area contributed by atoms with Crippen molar-refractivity contribution in [1.29, 1.82) is 0 Å². The largest absolute Gasteiger partial charge is 0.273 e. The van der Waals surface area contributed by atoms with Gasteiger partial charge >= 0.3 is 0 Å². The van der Waals surface area contributed by atoms with Crippen molar-refractivity contribution in [2.24, 2.45) is 0 Å². The second kappa shape index (κ2) is 7.14. The molecule has 37 heavy (non-hydrogen) atoms. The molecule has 2 aliphatic heterocycles. The van der Waals surface area contributed by atoms with Crippen LogP contribution < -0.4 is 0 Å². The topological polar surface area (TPSA) is 74.8 Å². The summed E-state index contributed by atoms with van der Waals surface area (Å²) in [6, 6.07) is 7.40. The lowest BCUT2D eigenvalue weighted by atomic mass is 9.72. The van der Waals surface area contributed by atoms with E-state index in [0.29, 0.717) is 16.7 Å². The minimum atomic E-state index is -0.842.